The molecule has 156 valence electrons. The van der Waals surface area contributed by atoms with Crippen molar-refractivity contribution in [1.82, 2.24) is 20.3 Å². The van der Waals surface area contributed by atoms with Crippen LogP contribution in [0.4, 0.5) is 10.1 Å². The van der Waals surface area contributed by atoms with E-state index >= 15 is 0 Å². The second-order valence-electron chi connectivity index (χ2n) is 7.62. The third kappa shape index (κ3) is 3.63. The molecule has 2 heterocycles. The Kier molecular flexibility index (Phi) is 5.21. The standard InChI is InChI=1S/C21H23FN6O2/c1-10(11-5-13(29)6-11)27-21(30)15-8-25-20-19(15)28-17(9-26-20)18(23)14-4-3-12(22)7-16(14)24-2/h3-4,7-11,13,23-24,29H,5-6H2,1-2H3,(H,25,26)(H,27,30). The minimum atomic E-state index is -0.407. The second-order valence-corrected chi connectivity index (χ2v) is 7.62. The maximum atomic E-state index is 13.5. The zero-order chi connectivity index (χ0) is 21.4. The summed E-state index contributed by atoms with van der Waals surface area (Å²) in [6.45, 7) is 1.92. The number of aliphatic hydroxyl groups excluding tert-OH is 1. The van der Waals surface area contributed by atoms with Crippen LogP contribution in [0.25, 0.3) is 11.2 Å². The number of halogens is 1. The molecular formula is C21H23FN6O2. The van der Waals surface area contributed by atoms with Crippen molar-refractivity contribution in [3.63, 3.8) is 0 Å². The maximum Gasteiger partial charge on any atom is 0.255 e. The number of carbonyl (C=O) groups excluding carboxylic acids is 1. The number of aromatic amines is 1. The molecule has 4 rings (SSSR count). The maximum absolute atomic E-state index is 13.5. The van der Waals surface area contributed by atoms with Crippen molar-refractivity contribution in [2.24, 2.45) is 5.92 Å². The van der Waals surface area contributed by atoms with Crippen molar-refractivity contribution in [3.8, 4) is 0 Å². The quantitative estimate of drug-likeness (QED) is 0.399. The number of nitrogens with zero attached hydrogens (tertiary/aromatic N) is 2. The van der Waals surface area contributed by atoms with Gasteiger partial charge in [-0.2, -0.15) is 0 Å². The number of hydrogen-bond acceptors (Lipinski definition) is 6. The van der Waals surface area contributed by atoms with Crippen LogP contribution in [0.2, 0.25) is 0 Å². The molecule has 1 atom stereocenters. The first-order chi connectivity index (χ1) is 14.4. The van der Waals surface area contributed by atoms with Crippen LogP contribution in [-0.2, 0) is 0 Å². The van der Waals surface area contributed by atoms with Gasteiger partial charge in [0, 0.05) is 30.5 Å². The summed E-state index contributed by atoms with van der Waals surface area (Å²) in [4.78, 5) is 24.5. The van der Waals surface area contributed by atoms with Gasteiger partial charge in [-0.05, 0) is 43.9 Å². The summed E-state index contributed by atoms with van der Waals surface area (Å²) in [6.07, 6.45) is 4.08. The number of anilines is 1. The van der Waals surface area contributed by atoms with E-state index in [4.69, 9.17) is 5.41 Å². The Morgan fingerprint density at radius 3 is 2.83 bits per heavy atom. The monoisotopic (exact) mass is 410 g/mol. The number of amides is 1. The average molecular weight is 410 g/mol. The Morgan fingerprint density at radius 2 is 2.13 bits per heavy atom. The molecule has 30 heavy (non-hydrogen) atoms. The lowest BCUT2D eigenvalue weighted by Gasteiger charge is -2.36. The molecule has 8 nitrogen and oxygen atoms in total. The van der Waals surface area contributed by atoms with Gasteiger partial charge in [0.25, 0.3) is 5.91 Å². The Labute approximate surface area is 172 Å². The Hall–Kier alpha value is -3.33. The predicted molar refractivity (Wildman–Crippen MR) is 111 cm³/mol. The molecule has 1 saturated carbocycles. The normalized spacial score (nSPS) is 19.2. The van der Waals surface area contributed by atoms with Gasteiger partial charge in [-0.15, -0.1) is 0 Å². The van der Waals surface area contributed by atoms with Crippen LogP contribution in [0.15, 0.2) is 30.6 Å². The highest BCUT2D eigenvalue weighted by Gasteiger charge is 2.32. The number of aromatic nitrogens is 3. The highest BCUT2D eigenvalue weighted by molar-refractivity contribution is 6.14. The van der Waals surface area contributed by atoms with Gasteiger partial charge in [-0.3, -0.25) is 10.2 Å². The molecular weight excluding hydrogens is 387 g/mol. The topological polar surface area (TPSA) is 127 Å². The van der Waals surface area contributed by atoms with Crippen molar-refractivity contribution in [2.45, 2.75) is 31.9 Å². The molecule has 1 aliphatic carbocycles. The Balaban J connectivity index is 1.61. The van der Waals surface area contributed by atoms with E-state index in [0.29, 0.717) is 40.8 Å². The summed E-state index contributed by atoms with van der Waals surface area (Å²) in [5.41, 5.74) is 2.43. The van der Waals surface area contributed by atoms with Crippen molar-refractivity contribution in [1.29, 1.82) is 5.41 Å². The lowest BCUT2D eigenvalue weighted by Crippen LogP contribution is -2.45. The van der Waals surface area contributed by atoms with E-state index in [1.165, 1.54) is 24.4 Å². The van der Waals surface area contributed by atoms with Crippen molar-refractivity contribution in [3.05, 3.63) is 53.2 Å². The van der Waals surface area contributed by atoms with Gasteiger partial charge in [-0.1, -0.05) is 0 Å². The predicted octanol–water partition coefficient (Wildman–Crippen LogP) is 2.44. The molecule has 1 fully saturated rings. The van der Waals surface area contributed by atoms with Crippen LogP contribution in [-0.4, -0.2) is 50.9 Å². The first kappa shape index (κ1) is 20.0. The molecule has 1 aromatic carbocycles. The molecule has 0 aliphatic heterocycles. The Morgan fingerprint density at radius 1 is 1.37 bits per heavy atom. The van der Waals surface area contributed by atoms with Gasteiger partial charge in [0.05, 0.1) is 23.6 Å². The molecule has 2 aromatic heterocycles. The van der Waals surface area contributed by atoms with E-state index in [0.717, 1.165) is 0 Å². The summed E-state index contributed by atoms with van der Waals surface area (Å²) < 4.78 is 13.5. The lowest BCUT2D eigenvalue weighted by molar-refractivity contribution is 0.0270. The minimum absolute atomic E-state index is 0.0677. The summed E-state index contributed by atoms with van der Waals surface area (Å²) in [5, 5.41) is 23.8. The average Bonchev–Trinajstić information content (AvgIpc) is 3.14. The fourth-order valence-corrected chi connectivity index (χ4v) is 3.70. The minimum Gasteiger partial charge on any atom is -0.393 e. The first-order valence-electron chi connectivity index (χ1n) is 9.77. The number of benzene rings is 1. The number of fused-ring (bicyclic) bond motifs is 1. The van der Waals surface area contributed by atoms with E-state index in [9.17, 15) is 14.3 Å². The third-order valence-corrected chi connectivity index (χ3v) is 5.62. The van der Waals surface area contributed by atoms with E-state index in [-0.39, 0.29) is 35.4 Å². The van der Waals surface area contributed by atoms with Gasteiger partial charge in [0.15, 0.2) is 5.65 Å². The van der Waals surface area contributed by atoms with Crippen molar-refractivity contribution in [2.75, 3.05) is 12.4 Å². The molecule has 0 radical (unpaired) electrons. The van der Waals surface area contributed by atoms with Crippen LogP contribution in [0.3, 0.4) is 0 Å². The van der Waals surface area contributed by atoms with Crippen LogP contribution < -0.4 is 10.6 Å². The lowest BCUT2D eigenvalue weighted by atomic mass is 9.78. The molecule has 0 saturated heterocycles. The van der Waals surface area contributed by atoms with Gasteiger partial charge in [0.2, 0.25) is 0 Å². The Bertz CT molecular complexity index is 1120. The molecule has 0 spiro atoms. The molecule has 9 heteroatoms. The number of nitrogens with one attached hydrogen (secondary N) is 4. The summed E-state index contributed by atoms with van der Waals surface area (Å²) in [7, 11) is 1.65. The van der Waals surface area contributed by atoms with Crippen LogP contribution in [0.5, 0.6) is 0 Å². The van der Waals surface area contributed by atoms with Crippen LogP contribution in [0.1, 0.15) is 41.4 Å². The number of H-pyrrole nitrogens is 1. The van der Waals surface area contributed by atoms with Crippen LogP contribution >= 0.6 is 0 Å². The van der Waals surface area contributed by atoms with Gasteiger partial charge in [0.1, 0.15) is 17.0 Å². The number of hydrogen-bond donors (Lipinski definition) is 5. The zero-order valence-electron chi connectivity index (χ0n) is 16.7. The largest absolute Gasteiger partial charge is 0.393 e. The van der Waals surface area contributed by atoms with Crippen LogP contribution in [0, 0.1) is 17.1 Å². The third-order valence-electron chi connectivity index (χ3n) is 5.62. The molecule has 1 amide bonds. The smallest absolute Gasteiger partial charge is 0.255 e. The molecule has 1 unspecified atom stereocenters. The second kappa shape index (κ2) is 7.83. The molecule has 5 N–H and O–H groups in total. The summed E-state index contributed by atoms with van der Waals surface area (Å²) in [6, 6.07) is 4.03. The van der Waals surface area contributed by atoms with E-state index in [1.807, 2.05) is 6.92 Å². The van der Waals surface area contributed by atoms with E-state index in [2.05, 4.69) is 25.6 Å². The van der Waals surface area contributed by atoms with E-state index in [1.54, 1.807) is 13.2 Å². The van der Waals surface area contributed by atoms with Gasteiger partial charge < -0.3 is 20.7 Å². The van der Waals surface area contributed by atoms with E-state index < -0.39 is 5.82 Å². The fraction of sp³-hybridized carbons (Fsp3) is 0.333. The first-order valence-corrected chi connectivity index (χ1v) is 9.77. The number of carbonyl (C=O) groups is 1. The summed E-state index contributed by atoms with van der Waals surface area (Å²) >= 11 is 0. The SMILES string of the molecule is CNc1cc(F)ccc1C(=N)c1cnc2[nH]cc(C(=O)NC(C)C3CC(O)C3)c2n1. The summed E-state index contributed by atoms with van der Waals surface area (Å²) in [5.74, 6) is -0.441. The van der Waals surface area contributed by atoms with Gasteiger partial charge in [-0.25, -0.2) is 14.4 Å². The molecule has 3 aromatic rings. The fourth-order valence-electron chi connectivity index (χ4n) is 3.70. The highest BCUT2D eigenvalue weighted by atomic mass is 19.1. The molecule has 1 aliphatic rings. The van der Waals surface area contributed by atoms with Crippen molar-refractivity contribution < 1.29 is 14.3 Å². The highest BCUT2D eigenvalue weighted by Crippen LogP contribution is 2.30. The molecule has 0 bridgehead atoms. The van der Waals surface area contributed by atoms with Gasteiger partial charge >= 0.3 is 0 Å². The zero-order valence-corrected chi connectivity index (χ0v) is 16.7. The number of aliphatic hydroxyl groups is 1. The number of rotatable bonds is 6. The van der Waals surface area contributed by atoms with Crippen molar-refractivity contribution >= 4 is 28.5 Å².